The number of hydrogen-bond acceptors (Lipinski definition) is 6. The summed E-state index contributed by atoms with van der Waals surface area (Å²) in [5.41, 5.74) is 29.4. The Bertz CT molecular complexity index is 5060. The Labute approximate surface area is 505 Å². The molecule has 0 radical (unpaired) electrons. The Morgan fingerprint density at radius 1 is 0.314 bits per heavy atom. The molecule has 0 N–H and O–H groups in total. The van der Waals surface area contributed by atoms with Crippen LogP contribution in [0.1, 0.15) is 49.9 Å². The largest absolute Gasteiger partial charge is 0.290 e. The van der Waals surface area contributed by atoms with E-state index in [2.05, 4.69) is 271 Å². The Balaban J connectivity index is 0.000000134. The van der Waals surface area contributed by atoms with Gasteiger partial charge in [0, 0.05) is 68.2 Å². The SMILES string of the molecule is CC1(C)c2cc(-c3ccc(-c4ccc5nc6c7ccccc7sc6n5c4)cc3)ccc2-c2ccc(-c3cccnc3)cc21.CC1(C)c2cc(-c3ccncc3)ccc2-c2ccc(-c3ccc(-c4ccc5nc6c7ccccc7sc6n5c4)cc3)cc21. The van der Waals surface area contributed by atoms with Crippen molar-refractivity contribution in [2.75, 3.05) is 0 Å². The molecule has 16 aromatic rings. The van der Waals surface area contributed by atoms with Crippen LogP contribution in [-0.2, 0) is 10.8 Å². The van der Waals surface area contributed by atoms with E-state index < -0.39 is 0 Å². The summed E-state index contributed by atoms with van der Waals surface area (Å²) >= 11 is 3.61. The van der Waals surface area contributed by atoms with E-state index in [1.807, 2.05) is 30.9 Å². The number of nitrogens with zero attached hydrogens (tertiary/aromatic N) is 6. The van der Waals surface area contributed by atoms with Gasteiger partial charge < -0.3 is 0 Å². The number of pyridine rings is 4. The molecule has 8 heterocycles. The molecule has 0 bridgehead atoms. The summed E-state index contributed by atoms with van der Waals surface area (Å²) < 4.78 is 7.03. The molecule has 0 saturated heterocycles. The highest BCUT2D eigenvalue weighted by Gasteiger charge is 2.37. The summed E-state index contributed by atoms with van der Waals surface area (Å²) in [5.74, 6) is 0. The van der Waals surface area contributed by atoms with Gasteiger partial charge in [-0.25, -0.2) is 9.97 Å². The molecule has 408 valence electrons. The van der Waals surface area contributed by atoms with Crippen LogP contribution in [-0.4, -0.2) is 28.7 Å². The van der Waals surface area contributed by atoms with Crippen LogP contribution in [0.4, 0.5) is 0 Å². The average Bonchev–Trinajstić information content (AvgIpc) is 1.70. The van der Waals surface area contributed by atoms with E-state index >= 15 is 0 Å². The summed E-state index contributed by atoms with van der Waals surface area (Å²) in [6, 6.07) is 79.6. The number of imidazole rings is 2. The molecular formula is C78H54N6S2. The normalized spacial score (nSPS) is 13.5. The van der Waals surface area contributed by atoms with Gasteiger partial charge in [0.2, 0.25) is 0 Å². The highest BCUT2D eigenvalue weighted by Crippen LogP contribution is 2.52. The van der Waals surface area contributed by atoms with Gasteiger partial charge in [0.05, 0.1) is 0 Å². The first kappa shape index (κ1) is 50.4. The van der Waals surface area contributed by atoms with Gasteiger partial charge in [0.25, 0.3) is 0 Å². The lowest BCUT2D eigenvalue weighted by Gasteiger charge is -2.22. The standard InChI is InChI=1S/2C39H27N3S/c1-39(2)33-20-26(13-16-30(33)31-17-14-27(21-34(31)39)28-6-5-19-40-22-28)24-9-11-25(12-10-24)29-15-18-36-41-37-32-7-3-4-8-35(32)43-38(37)42(36)23-29;1-39(2)33-21-27(11-14-30(33)31-15-12-28(22-34(31)39)26-17-19-40-20-18-26)24-7-9-25(10-8-24)29-13-16-36-41-37-32-5-3-4-6-35(32)43-38(37)42(36)23-29/h2*3-23H,1-2H3. The minimum absolute atomic E-state index is 0.0815. The van der Waals surface area contributed by atoms with Crippen molar-refractivity contribution < 1.29 is 0 Å². The lowest BCUT2D eigenvalue weighted by Crippen LogP contribution is -2.15. The quantitative estimate of drug-likeness (QED) is 0.166. The molecule has 86 heavy (non-hydrogen) atoms. The number of rotatable bonds is 6. The summed E-state index contributed by atoms with van der Waals surface area (Å²) in [5, 5.41) is 2.46. The molecule has 0 saturated carbocycles. The van der Waals surface area contributed by atoms with Gasteiger partial charge in [0.15, 0.2) is 0 Å². The van der Waals surface area contributed by atoms with E-state index in [1.165, 1.54) is 136 Å². The maximum Gasteiger partial charge on any atom is 0.138 e. The number of thiophene rings is 2. The zero-order valence-corrected chi connectivity index (χ0v) is 49.4. The van der Waals surface area contributed by atoms with Crippen LogP contribution in [0.5, 0.6) is 0 Å². The maximum absolute atomic E-state index is 4.94. The molecule has 0 amide bonds. The maximum atomic E-state index is 4.94. The van der Waals surface area contributed by atoms with E-state index in [1.54, 1.807) is 22.7 Å². The van der Waals surface area contributed by atoms with Gasteiger partial charge in [-0.2, -0.15) is 0 Å². The lowest BCUT2D eigenvalue weighted by atomic mass is 9.81. The van der Waals surface area contributed by atoms with E-state index in [-0.39, 0.29) is 10.8 Å². The molecule has 2 aliphatic rings. The van der Waals surface area contributed by atoms with Crippen LogP contribution in [0.3, 0.4) is 0 Å². The topological polar surface area (TPSA) is 60.4 Å². The van der Waals surface area contributed by atoms with Crippen molar-refractivity contribution in [3.63, 3.8) is 0 Å². The van der Waals surface area contributed by atoms with Gasteiger partial charge in [-0.15, -0.1) is 22.7 Å². The van der Waals surface area contributed by atoms with Gasteiger partial charge in [-0.3, -0.25) is 18.8 Å². The van der Waals surface area contributed by atoms with Crippen molar-refractivity contribution in [1.29, 1.82) is 0 Å². The minimum atomic E-state index is -0.0863. The van der Waals surface area contributed by atoms with Crippen LogP contribution in [0.15, 0.2) is 256 Å². The second-order valence-electron chi connectivity index (χ2n) is 23.9. The third-order valence-corrected chi connectivity index (χ3v) is 20.6. The highest BCUT2D eigenvalue weighted by molar-refractivity contribution is 7.25. The fourth-order valence-corrected chi connectivity index (χ4v) is 15.9. The van der Waals surface area contributed by atoms with Crippen LogP contribution in [0, 0.1) is 0 Å². The summed E-state index contributed by atoms with van der Waals surface area (Å²) in [6.45, 7) is 9.38. The predicted molar refractivity (Wildman–Crippen MR) is 359 cm³/mol. The molecule has 0 aliphatic heterocycles. The minimum Gasteiger partial charge on any atom is -0.290 e. The summed E-state index contributed by atoms with van der Waals surface area (Å²) in [4.78, 5) is 20.8. The Morgan fingerprint density at radius 3 is 1.08 bits per heavy atom. The van der Waals surface area contributed by atoms with Gasteiger partial charge in [-0.05, 0) is 190 Å². The van der Waals surface area contributed by atoms with Crippen molar-refractivity contribution in [2.45, 2.75) is 38.5 Å². The smallest absolute Gasteiger partial charge is 0.138 e. The first-order valence-electron chi connectivity index (χ1n) is 29.3. The van der Waals surface area contributed by atoms with Crippen molar-refractivity contribution >= 4 is 74.8 Å². The number of benzene rings is 8. The lowest BCUT2D eigenvalue weighted by molar-refractivity contribution is 0.660. The third kappa shape index (κ3) is 7.97. The second kappa shape index (κ2) is 19.2. The van der Waals surface area contributed by atoms with Crippen LogP contribution in [0.2, 0.25) is 0 Å². The van der Waals surface area contributed by atoms with Gasteiger partial charge in [0.1, 0.15) is 32.0 Å². The Kier molecular flexibility index (Phi) is 11.3. The monoisotopic (exact) mass is 1140 g/mol. The van der Waals surface area contributed by atoms with E-state index in [0.717, 1.165) is 27.9 Å². The molecule has 18 rings (SSSR count). The van der Waals surface area contributed by atoms with Crippen LogP contribution >= 0.6 is 22.7 Å². The van der Waals surface area contributed by atoms with E-state index in [9.17, 15) is 0 Å². The van der Waals surface area contributed by atoms with Crippen LogP contribution < -0.4 is 0 Å². The predicted octanol–water partition coefficient (Wildman–Crippen LogP) is 20.8. The fourth-order valence-electron chi connectivity index (χ4n) is 13.6. The molecule has 0 atom stereocenters. The molecular weight excluding hydrogens is 1090 g/mol. The van der Waals surface area contributed by atoms with Gasteiger partial charge in [-0.1, -0.05) is 167 Å². The molecule has 0 fully saturated rings. The highest BCUT2D eigenvalue weighted by atomic mass is 32.1. The molecule has 8 aromatic carbocycles. The fraction of sp³-hybridized carbons (Fsp3) is 0.0769. The first-order chi connectivity index (χ1) is 42.1. The Morgan fingerprint density at radius 2 is 0.674 bits per heavy atom. The van der Waals surface area contributed by atoms with Crippen molar-refractivity contribution in [1.82, 2.24) is 28.7 Å². The molecule has 0 spiro atoms. The zero-order valence-electron chi connectivity index (χ0n) is 47.7. The third-order valence-electron chi connectivity index (χ3n) is 18.3. The van der Waals surface area contributed by atoms with E-state index in [4.69, 9.17) is 9.97 Å². The number of fused-ring (bicyclic) bond motifs is 16. The number of aromatic nitrogens is 6. The first-order valence-corrected chi connectivity index (χ1v) is 30.9. The molecule has 2 aliphatic carbocycles. The number of hydrogen-bond donors (Lipinski definition) is 0. The average molecular weight is 1140 g/mol. The van der Waals surface area contributed by atoms with Crippen molar-refractivity contribution in [3.8, 4) is 89.0 Å². The van der Waals surface area contributed by atoms with Crippen molar-refractivity contribution in [3.05, 3.63) is 278 Å². The molecule has 8 heteroatoms. The van der Waals surface area contributed by atoms with E-state index in [0.29, 0.717) is 0 Å². The zero-order chi connectivity index (χ0) is 57.4. The summed E-state index contributed by atoms with van der Waals surface area (Å²) in [7, 11) is 0. The molecule has 6 nitrogen and oxygen atoms in total. The molecule has 8 aromatic heterocycles. The van der Waals surface area contributed by atoms with Crippen molar-refractivity contribution in [2.24, 2.45) is 0 Å². The summed E-state index contributed by atoms with van der Waals surface area (Å²) in [6.07, 6.45) is 11.9. The second-order valence-corrected chi connectivity index (χ2v) is 26.0. The van der Waals surface area contributed by atoms with Crippen LogP contribution in [0.25, 0.3) is 141 Å². The Hall–Kier alpha value is -10.1. The van der Waals surface area contributed by atoms with Gasteiger partial charge >= 0.3 is 0 Å². The molecule has 0 unspecified atom stereocenters.